The Morgan fingerprint density at radius 3 is 3.00 bits per heavy atom. The van der Waals surface area contributed by atoms with Gasteiger partial charge in [0.25, 0.3) is 0 Å². The van der Waals surface area contributed by atoms with Crippen molar-refractivity contribution in [1.29, 1.82) is 0 Å². The maximum absolute atomic E-state index is 12.3. The average molecular weight is 346 g/mol. The Bertz CT molecular complexity index is 578. The molecule has 3 atom stereocenters. The minimum Gasteiger partial charge on any atom is -0.393 e. The first-order valence-electron chi connectivity index (χ1n) is 9.46. The molecule has 5 heteroatoms. The molecule has 138 valence electrons. The van der Waals surface area contributed by atoms with E-state index in [9.17, 15) is 9.90 Å². The molecule has 3 rings (SSSR count). The van der Waals surface area contributed by atoms with Gasteiger partial charge in [-0.1, -0.05) is 24.3 Å². The maximum atomic E-state index is 12.3. The molecule has 5 nitrogen and oxygen atoms in total. The van der Waals surface area contributed by atoms with E-state index in [0.717, 1.165) is 25.8 Å². The van der Waals surface area contributed by atoms with Gasteiger partial charge in [-0.3, -0.25) is 9.69 Å². The summed E-state index contributed by atoms with van der Waals surface area (Å²) in [6, 6.07) is 8.55. The highest BCUT2D eigenvalue weighted by molar-refractivity contribution is 5.78. The van der Waals surface area contributed by atoms with Crippen LogP contribution < -0.4 is 5.32 Å². The average Bonchev–Trinajstić information content (AvgIpc) is 3.05. The van der Waals surface area contributed by atoms with Crippen molar-refractivity contribution in [2.24, 2.45) is 5.92 Å². The number of nitrogens with one attached hydrogen (secondary N) is 1. The number of amides is 1. The summed E-state index contributed by atoms with van der Waals surface area (Å²) in [6.07, 6.45) is 3.39. The second-order valence-electron chi connectivity index (χ2n) is 7.30. The third-order valence-corrected chi connectivity index (χ3v) is 5.60. The van der Waals surface area contributed by atoms with Gasteiger partial charge < -0.3 is 15.2 Å². The second-order valence-corrected chi connectivity index (χ2v) is 7.30. The van der Waals surface area contributed by atoms with Crippen molar-refractivity contribution < 1.29 is 14.6 Å². The first-order chi connectivity index (χ1) is 12.1. The van der Waals surface area contributed by atoms with E-state index in [1.807, 2.05) is 12.1 Å². The third-order valence-electron chi connectivity index (χ3n) is 5.60. The molecule has 1 aromatic carbocycles. The van der Waals surface area contributed by atoms with Gasteiger partial charge in [0.05, 0.1) is 19.3 Å². The summed E-state index contributed by atoms with van der Waals surface area (Å²) < 4.78 is 5.56. The molecule has 2 aliphatic heterocycles. The monoisotopic (exact) mass is 346 g/mol. The fourth-order valence-electron chi connectivity index (χ4n) is 4.12. The van der Waals surface area contributed by atoms with Crippen LogP contribution in [-0.2, 0) is 16.0 Å². The molecule has 2 N–H and O–H groups in total. The van der Waals surface area contributed by atoms with Crippen molar-refractivity contribution in [3.05, 3.63) is 35.4 Å². The number of aryl methyl sites for hydroxylation is 1. The van der Waals surface area contributed by atoms with E-state index >= 15 is 0 Å². The number of hydrogen-bond acceptors (Lipinski definition) is 4. The largest absolute Gasteiger partial charge is 0.393 e. The van der Waals surface area contributed by atoms with Crippen LogP contribution in [0.3, 0.4) is 0 Å². The number of nitrogens with zero attached hydrogens (tertiary/aromatic N) is 1. The molecule has 25 heavy (non-hydrogen) atoms. The SMILES string of the molecule is Cc1ccccc1CCNC(=O)CN1CCC[C@@H]1[C@H]1COCC[C@H]1O. The fourth-order valence-corrected chi connectivity index (χ4v) is 4.12. The summed E-state index contributed by atoms with van der Waals surface area (Å²) in [5.74, 6) is 0.211. The van der Waals surface area contributed by atoms with Crippen molar-refractivity contribution in [3.8, 4) is 0 Å². The summed E-state index contributed by atoms with van der Waals surface area (Å²) in [5, 5.41) is 13.3. The molecule has 1 aromatic rings. The third kappa shape index (κ3) is 4.81. The van der Waals surface area contributed by atoms with Gasteiger partial charge in [-0.25, -0.2) is 0 Å². The molecule has 0 aromatic heterocycles. The lowest BCUT2D eigenvalue weighted by molar-refractivity contribution is -0.123. The molecular formula is C20H30N2O3. The Hall–Kier alpha value is -1.43. The summed E-state index contributed by atoms with van der Waals surface area (Å²) >= 11 is 0. The van der Waals surface area contributed by atoms with Gasteiger partial charge in [0, 0.05) is 25.1 Å². The van der Waals surface area contributed by atoms with E-state index < -0.39 is 0 Å². The van der Waals surface area contributed by atoms with Crippen molar-refractivity contribution in [2.45, 2.75) is 44.8 Å². The Kier molecular flexibility index (Phi) is 6.45. The maximum Gasteiger partial charge on any atom is 0.234 e. The smallest absolute Gasteiger partial charge is 0.234 e. The topological polar surface area (TPSA) is 61.8 Å². The van der Waals surface area contributed by atoms with Crippen LogP contribution in [0.25, 0.3) is 0 Å². The van der Waals surface area contributed by atoms with Gasteiger partial charge in [0.15, 0.2) is 0 Å². The number of ether oxygens (including phenoxy) is 1. The van der Waals surface area contributed by atoms with Gasteiger partial charge in [0.2, 0.25) is 5.91 Å². The normalized spacial score (nSPS) is 27.4. The molecular weight excluding hydrogens is 316 g/mol. The van der Waals surface area contributed by atoms with Gasteiger partial charge >= 0.3 is 0 Å². The Morgan fingerprint density at radius 1 is 1.36 bits per heavy atom. The first kappa shape index (κ1) is 18.4. The van der Waals surface area contributed by atoms with Crippen LogP contribution in [0.5, 0.6) is 0 Å². The van der Waals surface area contributed by atoms with Crippen LogP contribution in [-0.4, -0.2) is 60.9 Å². The van der Waals surface area contributed by atoms with Crippen molar-refractivity contribution in [1.82, 2.24) is 10.2 Å². The summed E-state index contributed by atoms with van der Waals surface area (Å²) in [5.41, 5.74) is 2.55. The van der Waals surface area contributed by atoms with Gasteiger partial charge in [-0.2, -0.15) is 0 Å². The van der Waals surface area contributed by atoms with E-state index in [4.69, 9.17) is 4.74 Å². The quantitative estimate of drug-likeness (QED) is 0.820. The van der Waals surface area contributed by atoms with Gasteiger partial charge in [-0.15, -0.1) is 0 Å². The number of rotatable bonds is 6. The summed E-state index contributed by atoms with van der Waals surface area (Å²) in [4.78, 5) is 14.6. The van der Waals surface area contributed by atoms with Gasteiger partial charge in [-0.05, 0) is 50.3 Å². The number of hydrogen-bond donors (Lipinski definition) is 2. The molecule has 0 bridgehead atoms. The highest BCUT2D eigenvalue weighted by Crippen LogP contribution is 2.29. The number of aliphatic hydroxyl groups is 1. The fraction of sp³-hybridized carbons (Fsp3) is 0.650. The zero-order chi connectivity index (χ0) is 17.6. The Morgan fingerprint density at radius 2 is 2.20 bits per heavy atom. The van der Waals surface area contributed by atoms with Crippen LogP contribution in [0.4, 0.5) is 0 Å². The predicted octanol–water partition coefficient (Wildman–Crippen LogP) is 1.52. The van der Waals surface area contributed by atoms with Crippen LogP contribution >= 0.6 is 0 Å². The van der Waals surface area contributed by atoms with Crippen LogP contribution in [0.1, 0.15) is 30.4 Å². The van der Waals surface area contributed by atoms with Crippen LogP contribution in [0.15, 0.2) is 24.3 Å². The van der Waals surface area contributed by atoms with E-state index in [1.54, 1.807) is 0 Å². The van der Waals surface area contributed by atoms with Crippen molar-refractivity contribution in [2.75, 3.05) is 32.8 Å². The lowest BCUT2D eigenvalue weighted by atomic mass is 9.89. The Labute approximate surface area is 150 Å². The van der Waals surface area contributed by atoms with Crippen molar-refractivity contribution >= 4 is 5.91 Å². The second kappa shape index (κ2) is 8.79. The van der Waals surface area contributed by atoms with E-state index in [1.165, 1.54) is 11.1 Å². The molecule has 0 aliphatic carbocycles. The van der Waals surface area contributed by atoms with E-state index in [2.05, 4.69) is 29.3 Å². The highest BCUT2D eigenvalue weighted by atomic mass is 16.5. The molecule has 0 spiro atoms. The van der Waals surface area contributed by atoms with Crippen LogP contribution in [0.2, 0.25) is 0 Å². The van der Waals surface area contributed by atoms with Crippen LogP contribution in [0, 0.1) is 12.8 Å². The van der Waals surface area contributed by atoms with Gasteiger partial charge in [0.1, 0.15) is 0 Å². The minimum atomic E-state index is -0.302. The van der Waals surface area contributed by atoms with E-state index in [-0.39, 0.29) is 24.0 Å². The highest BCUT2D eigenvalue weighted by Gasteiger charge is 2.37. The number of likely N-dealkylation sites (tertiary alicyclic amines) is 1. The molecule has 2 aliphatic rings. The number of carbonyl (C=O) groups excluding carboxylic acids is 1. The molecule has 0 saturated carbocycles. The molecule has 0 unspecified atom stereocenters. The zero-order valence-corrected chi connectivity index (χ0v) is 15.1. The first-order valence-corrected chi connectivity index (χ1v) is 9.46. The zero-order valence-electron chi connectivity index (χ0n) is 15.1. The summed E-state index contributed by atoms with van der Waals surface area (Å²) in [6.45, 7) is 5.36. The predicted molar refractivity (Wildman–Crippen MR) is 97.4 cm³/mol. The van der Waals surface area contributed by atoms with E-state index in [0.29, 0.717) is 32.7 Å². The standard InChI is InChI=1S/C20H30N2O3/c1-15-5-2-3-6-16(15)8-10-21-20(24)13-22-11-4-7-18(22)17-14-25-12-9-19(17)23/h2-3,5-6,17-19,23H,4,7-14H2,1H3,(H,21,24)/t17-,18-,19-/m1/s1. The summed E-state index contributed by atoms with van der Waals surface area (Å²) in [7, 11) is 0. The molecule has 0 radical (unpaired) electrons. The molecule has 2 saturated heterocycles. The Balaban J connectivity index is 1.46. The number of benzene rings is 1. The number of carbonyl (C=O) groups is 1. The minimum absolute atomic E-state index is 0.0756. The number of aliphatic hydroxyl groups excluding tert-OH is 1. The molecule has 1 amide bonds. The molecule has 2 heterocycles. The lowest BCUT2D eigenvalue weighted by Gasteiger charge is -2.36. The lowest BCUT2D eigenvalue weighted by Crippen LogP contribution is -2.48. The molecule has 2 fully saturated rings. The van der Waals surface area contributed by atoms with Crippen molar-refractivity contribution in [3.63, 3.8) is 0 Å².